The van der Waals surface area contributed by atoms with Gasteiger partial charge >= 0.3 is 0 Å². The molecule has 1 aliphatic heterocycles. The first-order valence-corrected chi connectivity index (χ1v) is 9.00. The summed E-state index contributed by atoms with van der Waals surface area (Å²) in [5, 5.41) is 0.199. The Morgan fingerprint density at radius 3 is 2.50 bits per heavy atom. The van der Waals surface area contributed by atoms with Crippen LogP contribution in [-0.2, 0) is 24.1 Å². The van der Waals surface area contributed by atoms with Gasteiger partial charge in [-0.25, -0.2) is 0 Å². The quantitative estimate of drug-likeness (QED) is 0.778. The van der Waals surface area contributed by atoms with Gasteiger partial charge in [0.25, 0.3) is 5.24 Å². The molecule has 0 spiro atoms. The maximum absolute atomic E-state index is 11.7. The van der Waals surface area contributed by atoms with E-state index in [1.165, 1.54) is 5.56 Å². The van der Waals surface area contributed by atoms with Gasteiger partial charge in [-0.1, -0.05) is 36.9 Å². The number of benzene rings is 1. The van der Waals surface area contributed by atoms with Gasteiger partial charge in [0.1, 0.15) is 5.75 Å². The van der Waals surface area contributed by atoms with Crippen LogP contribution >= 0.6 is 24.2 Å². The molecule has 1 aromatic heterocycles. The van der Waals surface area contributed by atoms with Crippen molar-refractivity contribution in [3.63, 3.8) is 0 Å². The van der Waals surface area contributed by atoms with Crippen molar-refractivity contribution in [3.8, 4) is 5.75 Å². The highest BCUT2D eigenvalue weighted by Gasteiger charge is 2.31. The minimum atomic E-state index is -1.49. The van der Waals surface area contributed by atoms with Crippen molar-refractivity contribution in [2.45, 2.75) is 31.4 Å². The van der Waals surface area contributed by atoms with E-state index in [2.05, 4.69) is 23.3 Å². The van der Waals surface area contributed by atoms with Crippen LogP contribution in [0.25, 0.3) is 0 Å². The largest absolute Gasteiger partial charge is 0.493 e. The SMILES string of the molecule is Cl.[2H][C@]1(Cc2ccc(OCCc3ccc(CC)cn3)cc2)SC(=O)NC1=O. The summed E-state index contributed by atoms with van der Waals surface area (Å²) in [6.45, 7) is 2.62. The summed E-state index contributed by atoms with van der Waals surface area (Å²) in [7, 11) is 0. The molecule has 0 saturated carbocycles. The van der Waals surface area contributed by atoms with E-state index in [9.17, 15) is 9.59 Å². The van der Waals surface area contributed by atoms with Crippen molar-refractivity contribution in [1.82, 2.24) is 10.3 Å². The van der Waals surface area contributed by atoms with E-state index in [0.29, 0.717) is 6.61 Å². The monoisotopic (exact) mass is 393 g/mol. The molecule has 1 aliphatic rings. The van der Waals surface area contributed by atoms with Gasteiger partial charge in [-0.2, -0.15) is 0 Å². The number of carbonyl (C=O) groups excluding carboxylic acids is 2. The third-order valence-electron chi connectivity index (χ3n) is 3.89. The number of nitrogens with one attached hydrogen (secondary N) is 1. The molecule has 5 nitrogen and oxygen atoms in total. The predicted molar refractivity (Wildman–Crippen MR) is 105 cm³/mol. The first kappa shape index (κ1) is 18.7. The summed E-state index contributed by atoms with van der Waals surface area (Å²) in [6, 6.07) is 11.4. The molecular weight excluding hydrogens is 372 g/mol. The van der Waals surface area contributed by atoms with Crippen molar-refractivity contribution in [2.75, 3.05) is 6.61 Å². The summed E-state index contributed by atoms with van der Waals surface area (Å²) in [5.74, 6) is 0.159. The van der Waals surface area contributed by atoms with Crippen LogP contribution in [0.5, 0.6) is 5.75 Å². The molecule has 1 saturated heterocycles. The predicted octanol–water partition coefficient (Wildman–Crippen LogP) is 3.58. The number of ether oxygens (including phenoxy) is 1. The lowest BCUT2D eigenvalue weighted by molar-refractivity contribution is -0.118. The number of halogens is 1. The zero-order chi connectivity index (χ0) is 18.6. The van der Waals surface area contributed by atoms with E-state index in [-0.39, 0.29) is 18.8 Å². The van der Waals surface area contributed by atoms with Crippen LogP contribution in [0.2, 0.25) is 0 Å². The average molecular weight is 394 g/mol. The summed E-state index contributed by atoms with van der Waals surface area (Å²) in [4.78, 5) is 27.4. The maximum Gasteiger partial charge on any atom is 0.286 e. The van der Waals surface area contributed by atoms with Crippen molar-refractivity contribution >= 4 is 35.3 Å². The highest BCUT2D eigenvalue weighted by molar-refractivity contribution is 8.15. The molecule has 1 aromatic carbocycles. The molecule has 0 radical (unpaired) electrons. The van der Waals surface area contributed by atoms with Crippen LogP contribution in [0, 0.1) is 0 Å². The molecule has 0 bridgehead atoms. The molecule has 1 fully saturated rings. The normalized spacial score (nSPS) is 19.5. The number of hydrogen-bond acceptors (Lipinski definition) is 5. The number of aromatic nitrogens is 1. The number of pyridine rings is 1. The van der Waals surface area contributed by atoms with E-state index in [1.807, 2.05) is 36.5 Å². The van der Waals surface area contributed by atoms with Crippen LogP contribution < -0.4 is 10.1 Å². The lowest BCUT2D eigenvalue weighted by Crippen LogP contribution is -2.25. The molecule has 2 amide bonds. The van der Waals surface area contributed by atoms with E-state index in [4.69, 9.17) is 6.11 Å². The Bertz CT molecular complexity index is 802. The average Bonchev–Trinajstić information content (AvgIpc) is 2.88. The van der Waals surface area contributed by atoms with Gasteiger partial charge in [0, 0.05) is 18.3 Å². The third-order valence-corrected chi connectivity index (χ3v) is 4.76. The fourth-order valence-corrected chi connectivity index (χ4v) is 3.19. The second-order valence-electron chi connectivity index (χ2n) is 5.70. The maximum atomic E-state index is 11.7. The third kappa shape index (κ3) is 5.47. The summed E-state index contributed by atoms with van der Waals surface area (Å²) in [6.07, 6.45) is 3.76. The Hall–Kier alpha value is -2.05. The van der Waals surface area contributed by atoms with Crippen LogP contribution in [0.15, 0.2) is 42.6 Å². The van der Waals surface area contributed by atoms with Crippen LogP contribution in [-0.4, -0.2) is 28.0 Å². The molecular formula is C19H21ClN2O3S. The van der Waals surface area contributed by atoms with Crippen LogP contribution in [0.3, 0.4) is 0 Å². The first-order valence-electron chi connectivity index (χ1n) is 8.68. The minimum absolute atomic E-state index is 0. The second kappa shape index (κ2) is 9.59. The first-order chi connectivity index (χ1) is 12.5. The number of carbonyl (C=O) groups is 2. The minimum Gasteiger partial charge on any atom is -0.493 e. The van der Waals surface area contributed by atoms with Crippen molar-refractivity contribution in [3.05, 3.63) is 59.4 Å². The molecule has 0 aliphatic carbocycles. The molecule has 1 N–H and O–H groups in total. The number of aryl methyl sites for hydroxylation is 1. The molecule has 0 unspecified atom stereocenters. The fraction of sp³-hybridized carbons (Fsp3) is 0.316. The molecule has 26 heavy (non-hydrogen) atoms. The number of thioether (sulfide) groups is 1. The fourth-order valence-electron chi connectivity index (χ4n) is 2.44. The molecule has 2 heterocycles. The van der Waals surface area contributed by atoms with E-state index in [1.54, 1.807) is 0 Å². The van der Waals surface area contributed by atoms with Gasteiger partial charge < -0.3 is 4.74 Å². The van der Waals surface area contributed by atoms with Gasteiger partial charge in [0.05, 0.1) is 13.2 Å². The standard InChI is InChI=1S/C19H20N2O3S.ClH/c1-2-13-3-6-15(20-12-13)9-10-24-16-7-4-14(5-8-16)11-17-18(22)21-19(23)25-17;/h3-8,12,17H,2,9-11H2,1H3,(H,21,22,23);1H/t17-;/m1./s1/i17D;. The van der Waals surface area contributed by atoms with Gasteiger partial charge in [-0.3, -0.25) is 19.9 Å². The summed E-state index contributed by atoms with van der Waals surface area (Å²) >= 11 is 0.718. The van der Waals surface area contributed by atoms with Gasteiger partial charge in [-0.05, 0) is 42.2 Å². The number of nitrogens with zero attached hydrogens (tertiary/aromatic N) is 1. The van der Waals surface area contributed by atoms with Crippen LogP contribution in [0.4, 0.5) is 4.79 Å². The zero-order valence-electron chi connectivity index (χ0n) is 15.4. The highest BCUT2D eigenvalue weighted by atomic mass is 35.5. The topological polar surface area (TPSA) is 68.3 Å². The summed E-state index contributed by atoms with van der Waals surface area (Å²) < 4.78 is 13.9. The lowest BCUT2D eigenvalue weighted by Gasteiger charge is -2.09. The summed E-state index contributed by atoms with van der Waals surface area (Å²) in [5.41, 5.74) is 3.01. The Balaban J connectivity index is 0.00000261. The van der Waals surface area contributed by atoms with Crippen molar-refractivity contribution in [1.29, 1.82) is 0 Å². The molecule has 3 rings (SSSR count). The number of hydrogen-bond donors (Lipinski definition) is 1. The smallest absolute Gasteiger partial charge is 0.286 e. The molecule has 2 aromatic rings. The Morgan fingerprint density at radius 2 is 1.92 bits per heavy atom. The lowest BCUT2D eigenvalue weighted by atomic mass is 10.1. The van der Waals surface area contributed by atoms with E-state index in [0.717, 1.165) is 41.6 Å². The second-order valence-corrected chi connectivity index (χ2v) is 6.77. The highest BCUT2D eigenvalue weighted by Crippen LogP contribution is 2.23. The zero-order valence-corrected chi connectivity index (χ0v) is 16.0. The number of rotatable bonds is 7. The van der Waals surface area contributed by atoms with Crippen molar-refractivity contribution < 1.29 is 15.7 Å². The van der Waals surface area contributed by atoms with Crippen LogP contribution in [0.1, 0.15) is 25.1 Å². The van der Waals surface area contributed by atoms with Gasteiger partial charge in [0.2, 0.25) is 5.91 Å². The Morgan fingerprint density at radius 1 is 1.19 bits per heavy atom. The van der Waals surface area contributed by atoms with Gasteiger partial charge in [-0.15, -0.1) is 12.4 Å². The van der Waals surface area contributed by atoms with Gasteiger partial charge in [0.15, 0.2) is 0 Å². The Kier molecular flexibility index (Phi) is 6.91. The van der Waals surface area contributed by atoms with E-state index >= 15 is 0 Å². The molecule has 7 heteroatoms. The molecule has 1 atom stereocenters. The Labute approximate surface area is 164 Å². The van der Waals surface area contributed by atoms with Crippen molar-refractivity contribution in [2.24, 2.45) is 0 Å². The number of imide groups is 1. The molecule has 138 valence electrons. The number of amides is 2. The van der Waals surface area contributed by atoms with E-state index < -0.39 is 16.4 Å².